The molecule has 26 heavy (non-hydrogen) atoms. The maximum absolute atomic E-state index is 12.4. The van der Waals surface area contributed by atoms with Crippen LogP contribution in [0.1, 0.15) is 52.8 Å². The van der Waals surface area contributed by atoms with E-state index in [4.69, 9.17) is 5.73 Å². The Morgan fingerprint density at radius 1 is 1.08 bits per heavy atom. The Morgan fingerprint density at radius 2 is 1.73 bits per heavy atom. The summed E-state index contributed by atoms with van der Waals surface area (Å²) in [6.45, 7) is 0.335. The molecule has 0 atom stereocenters. The number of fused-ring (bicyclic) bond motifs is 1. The number of carbonyl (C=O) groups is 4. The fraction of sp³-hybridized carbons (Fsp3) is 0.444. The summed E-state index contributed by atoms with van der Waals surface area (Å²) < 4.78 is 0. The zero-order valence-corrected chi connectivity index (χ0v) is 14.3. The van der Waals surface area contributed by atoms with Gasteiger partial charge in [-0.1, -0.05) is 0 Å². The molecular weight excluding hydrogens is 336 g/mol. The van der Waals surface area contributed by atoms with Crippen molar-refractivity contribution >= 4 is 29.2 Å². The van der Waals surface area contributed by atoms with Gasteiger partial charge in [0.1, 0.15) is 0 Å². The van der Waals surface area contributed by atoms with Crippen molar-refractivity contribution in [3.8, 4) is 0 Å². The smallest absolute Gasteiger partial charge is 0.296 e. The van der Waals surface area contributed by atoms with Crippen LogP contribution in [0.25, 0.3) is 0 Å². The Morgan fingerprint density at radius 3 is 2.38 bits per heavy atom. The number of anilines is 1. The van der Waals surface area contributed by atoms with E-state index in [0.29, 0.717) is 24.2 Å². The molecule has 1 heterocycles. The number of benzene rings is 1. The van der Waals surface area contributed by atoms with E-state index < -0.39 is 11.7 Å². The lowest BCUT2D eigenvalue weighted by molar-refractivity contribution is -0.121. The number of ketones is 1. The van der Waals surface area contributed by atoms with Gasteiger partial charge in [-0.15, -0.1) is 0 Å². The molecule has 1 saturated carbocycles. The van der Waals surface area contributed by atoms with Gasteiger partial charge < -0.3 is 21.7 Å². The molecule has 1 aromatic carbocycles. The molecule has 0 radical (unpaired) electrons. The number of carbonyl (C=O) groups excluding carboxylic acids is 4. The Kier molecular flexibility index (Phi) is 5.32. The van der Waals surface area contributed by atoms with Crippen LogP contribution in [0.15, 0.2) is 18.2 Å². The summed E-state index contributed by atoms with van der Waals surface area (Å²) in [5, 5.41) is 8.38. The van der Waals surface area contributed by atoms with Crippen molar-refractivity contribution in [1.82, 2.24) is 10.6 Å². The summed E-state index contributed by atoms with van der Waals surface area (Å²) in [6, 6.07) is 4.75. The van der Waals surface area contributed by atoms with Crippen molar-refractivity contribution in [2.75, 3.05) is 11.9 Å². The number of nitrogens with two attached hydrogens (primary N) is 1. The van der Waals surface area contributed by atoms with E-state index in [1.54, 1.807) is 12.1 Å². The molecule has 1 aromatic rings. The highest BCUT2D eigenvalue weighted by atomic mass is 16.2. The van der Waals surface area contributed by atoms with Gasteiger partial charge in [0.25, 0.3) is 17.6 Å². The maximum atomic E-state index is 12.4. The average molecular weight is 358 g/mol. The van der Waals surface area contributed by atoms with Crippen LogP contribution in [0.3, 0.4) is 0 Å². The number of nitrogens with one attached hydrogen (secondary N) is 3. The summed E-state index contributed by atoms with van der Waals surface area (Å²) in [5.41, 5.74) is 6.38. The molecule has 1 fully saturated rings. The minimum atomic E-state index is -0.674. The van der Waals surface area contributed by atoms with Crippen molar-refractivity contribution in [1.29, 1.82) is 0 Å². The lowest BCUT2D eigenvalue weighted by Gasteiger charge is -2.29. The summed E-state index contributed by atoms with van der Waals surface area (Å²) in [6.07, 6.45) is 3.45. The molecule has 0 spiro atoms. The quantitative estimate of drug-likeness (QED) is 0.563. The Labute approximate surface area is 150 Å². The SMILES string of the molecule is NCCC(=O)N[C@H]1CC[C@H](NC(=O)c2ccc3c(c2)C(=O)C(=O)N3)CC1. The normalized spacial score (nSPS) is 21.7. The number of hydrogen-bond donors (Lipinski definition) is 4. The minimum Gasteiger partial charge on any atom is -0.353 e. The monoisotopic (exact) mass is 358 g/mol. The third-order valence-corrected chi connectivity index (χ3v) is 4.78. The van der Waals surface area contributed by atoms with Gasteiger partial charge in [0, 0.05) is 30.6 Å². The van der Waals surface area contributed by atoms with Gasteiger partial charge in [0.15, 0.2) is 0 Å². The fourth-order valence-corrected chi connectivity index (χ4v) is 3.37. The summed E-state index contributed by atoms with van der Waals surface area (Å²) in [4.78, 5) is 47.1. The lowest BCUT2D eigenvalue weighted by Crippen LogP contribution is -2.44. The van der Waals surface area contributed by atoms with E-state index in [1.807, 2.05) is 0 Å². The second-order valence-electron chi connectivity index (χ2n) is 6.67. The zero-order chi connectivity index (χ0) is 18.7. The van der Waals surface area contributed by atoms with Crippen molar-refractivity contribution < 1.29 is 19.2 Å². The molecule has 0 bridgehead atoms. The molecule has 3 rings (SSSR count). The highest BCUT2D eigenvalue weighted by Crippen LogP contribution is 2.24. The molecule has 8 heteroatoms. The van der Waals surface area contributed by atoms with Crippen LogP contribution in [0.2, 0.25) is 0 Å². The summed E-state index contributed by atoms with van der Waals surface area (Å²) in [7, 11) is 0. The molecule has 5 N–H and O–H groups in total. The molecule has 0 unspecified atom stereocenters. The van der Waals surface area contributed by atoms with E-state index >= 15 is 0 Å². The lowest BCUT2D eigenvalue weighted by atomic mass is 9.90. The predicted octanol–water partition coefficient (Wildman–Crippen LogP) is 0.327. The highest BCUT2D eigenvalue weighted by Gasteiger charge is 2.29. The fourth-order valence-electron chi connectivity index (χ4n) is 3.37. The third kappa shape index (κ3) is 3.91. The van der Waals surface area contributed by atoms with Gasteiger partial charge in [-0.25, -0.2) is 0 Å². The van der Waals surface area contributed by atoms with Crippen LogP contribution in [0, 0.1) is 0 Å². The number of Topliss-reactive ketones (excluding diaryl/α,β-unsaturated/α-hetero) is 1. The van der Waals surface area contributed by atoms with Crippen LogP contribution in [0.5, 0.6) is 0 Å². The molecule has 1 aliphatic heterocycles. The topological polar surface area (TPSA) is 130 Å². The van der Waals surface area contributed by atoms with Gasteiger partial charge in [-0.3, -0.25) is 19.2 Å². The first-order valence-corrected chi connectivity index (χ1v) is 8.78. The summed E-state index contributed by atoms with van der Waals surface area (Å²) >= 11 is 0. The first-order chi connectivity index (χ1) is 12.5. The van der Waals surface area contributed by atoms with E-state index in [2.05, 4.69) is 16.0 Å². The van der Waals surface area contributed by atoms with Crippen LogP contribution in [-0.4, -0.2) is 42.1 Å². The molecule has 0 aromatic heterocycles. The van der Waals surface area contributed by atoms with Crippen molar-refractivity contribution in [2.24, 2.45) is 5.73 Å². The Bertz CT molecular complexity index is 754. The van der Waals surface area contributed by atoms with E-state index in [-0.39, 0.29) is 29.5 Å². The van der Waals surface area contributed by atoms with Gasteiger partial charge in [0.2, 0.25) is 5.91 Å². The van der Waals surface area contributed by atoms with E-state index in [1.165, 1.54) is 6.07 Å². The zero-order valence-electron chi connectivity index (χ0n) is 14.3. The third-order valence-electron chi connectivity index (χ3n) is 4.78. The first kappa shape index (κ1) is 18.1. The molecular formula is C18H22N4O4. The van der Waals surface area contributed by atoms with Crippen LogP contribution in [0.4, 0.5) is 5.69 Å². The Balaban J connectivity index is 1.53. The summed E-state index contributed by atoms with van der Waals surface area (Å²) in [5.74, 6) is -1.60. The van der Waals surface area contributed by atoms with Crippen LogP contribution in [-0.2, 0) is 9.59 Å². The predicted molar refractivity (Wildman–Crippen MR) is 94.7 cm³/mol. The van der Waals surface area contributed by atoms with Gasteiger partial charge >= 0.3 is 0 Å². The van der Waals surface area contributed by atoms with Gasteiger partial charge in [0.05, 0.1) is 11.3 Å². The molecule has 0 saturated heterocycles. The molecule has 1 aliphatic carbocycles. The van der Waals surface area contributed by atoms with Gasteiger partial charge in [-0.2, -0.15) is 0 Å². The van der Waals surface area contributed by atoms with E-state index in [9.17, 15) is 19.2 Å². The van der Waals surface area contributed by atoms with E-state index in [0.717, 1.165) is 25.7 Å². The maximum Gasteiger partial charge on any atom is 0.296 e. The van der Waals surface area contributed by atoms with Crippen molar-refractivity contribution in [3.05, 3.63) is 29.3 Å². The largest absolute Gasteiger partial charge is 0.353 e. The highest BCUT2D eigenvalue weighted by molar-refractivity contribution is 6.51. The second-order valence-corrected chi connectivity index (χ2v) is 6.67. The average Bonchev–Trinajstić information content (AvgIpc) is 2.91. The molecule has 8 nitrogen and oxygen atoms in total. The molecule has 138 valence electrons. The number of rotatable bonds is 5. The van der Waals surface area contributed by atoms with Crippen molar-refractivity contribution in [2.45, 2.75) is 44.2 Å². The first-order valence-electron chi connectivity index (χ1n) is 8.78. The van der Waals surface area contributed by atoms with Crippen LogP contribution >= 0.6 is 0 Å². The van der Waals surface area contributed by atoms with Gasteiger partial charge in [-0.05, 0) is 43.9 Å². The van der Waals surface area contributed by atoms with Crippen molar-refractivity contribution in [3.63, 3.8) is 0 Å². The Hall–Kier alpha value is -2.74. The number of hydrogen-bond acceptors (Lipinski definition) is 5. The standard InChI is InChI=1S/C18H22N4O4/c19-8-7-15(23)20-11-2-4-12(5-3-11)21-17(25)10-1-6-14-13(9-10)16(24)18(26)22-14/h1,6,9,11-12H,2-5,7-8,19H2,(H,20,23)(H,21,25)(H,22,24,26)/t11-,12-. The second kappa shape index (κ2) is 7.65. The molecule has 3 amide bonds. The minimum absolute atomic E-state index is 0.0221. The molecule has 2 aliphatic rings. The number of amides is 3. The van der Waals surface area contributed by atoms with Crippen LogP contribution < -0.4 is 21.7 Å².